The minimum atomic E-state index is 0.575. The molecule has 3 rings (SSSR count). The second kappa shape index (κ2) is 2.93. The summed E-state index contributed by atoms with van der Waals surface area (Å²) in [6.07, 6.45) is 3.77. The number of rotatable bonds is 2. The summed E-state index contributed by atoms with van der Waals surface area (Å²) >= 11 is 5.99. The van der Waals surface area contributed by atoms with Crippen LogP contribution in [0.5, 0.6) is 0 Å². The van der Waals surface area contributed by atoms with Crippen molar-refractivity contribution < 1.29 is 0 Å². The van der Waals surface area contributed by atoms with Crippen molar-refractivity contribution in [1.82, 2.24) is 9.97 Å². The topological polar surface area (TPSA) is 25.8 Å². The first kappa shape index (κ1) is 8.66. The zero-order valence-corrected chi connectivity index (χ0v) is 8.96. The minimum absolute atomic E-state index is 0.575. The van der Waals surface area contributed by atoms with Gasteiger partial charge in [0.1, 0.15) is 11.0 Å². The first-order chi connectivity index (χ1) is 6.74. The van der Waals surface area contributed by atoms with Crippen LogP contribution >= 0.6 is 11.6 Å². The molecule has 1 aromatic heterocycles. The zero-order valence-electron chi connectivity index (χ0n) is 8.20. The summed E-state index contributed by atoms with van der Waals surface area (Å²) in [5.74, 6) is 2.97. The van der Waals surface area contributed by atoms with Crippen molar-refractivity contribution in [3.63, 3.8) is 0 Å². The highest BCUT2D eigenvalue weighted by atomic mass is 35.5. The molecule has 14 heavy (non-hydrogen) atoms. The van der Waals surface area contributed by atoms with Gasteiger partial charge in [0, 0.05) is 17.5 Å². The van der Waals surface area contributed by atoms with Crippen molar-refractivity contribution in [2.24, 2.45) is 5.92 Å². The summed E-state index contributed by atoms with van der Waals surface area (Å²) < 4.78 is 0. The molecule has 2 nitrogen and oxygen atoms in total. The fourth-order valence-corrected chi connectivity index (χ4v) is 2.09. The Kier molecular flexibility index (Phi) is 1.81. The van der Waals surface area contributed by atoms with Gasteiger partial charge in [-0.3, -0.25) is 0 Å². The van der Waals surface area contributed by atoms with E-state index >= 15 is 0 Å². The molecule has 0 radical (unpaired) electrons. The standard InChI is InChI=1S/C11H13ClN2/c1-6-4-8(6)11-13-9(7-2-3-7)5-10(12)14-11/h5-8H,2-4H2,1H3. The maximum absolute atomic E-state index is 5.99. The lowest BCUT2D eigenvalue weighted by atomic mass is 10.2. The highest BCUT2D eigenvalue weighted by Gasteiger charge is 2.37. The van der Waals surface area contributed by atoms with Gasteiger partial charge in [0.2, 0.25) is 0 Å². The molecule has 2 unspecified atom stereocenters. The van der Waals surface area contributed by atoms with Gasteiger partial charge >= 0.3 is 0 Å². The molecular formula is C11H13ClN2. The first-order valence-corrected chi connectivity index (χ1v) is 5.66. The molecule has 1 aromatic rings. The van der Waals surface area contributed by atoms with Crippen molar-refractivity contribution in [3.8, 4) is 0 Å². The first-order valence-electron chi connectivity index (χ1n) is 5.28. The molecule has 2 aliphatic carbocycles. The third-order valence-corrected chi connectivity index (χ3v) is 3.36. The van der Waals surface area contributed by atoms with Crippen LogP contribution in [0.3, 0.4) is 0 Å². The molecule has 2 atom stereocenters. The predicted octanol–water partition coefficient (Wildman–Crippen LogP) is 3.13. The van der Waals surface area contributed by atoms with E-state index in [0.29, 0.717) is 17.0 Å². The van der Waals surface area contributed by atoms with Crippen molar-refractivity contribution >= 4 is 11.6 Å². The summed E-state index contributed by atoms with van der Waals surface area (Å²) in [5, 5.41) is 0.621. The second-order valence-corrected chi connectivity index (χ2v) is 4.95. The Bertz CT molecular complexity index is 374. The lowest BCUT2D eigenvalue weighted by Gasteiger charge is -2.02. The van der Waals surface area contributed by atoms with Crippen molar-refractivity contribution in [2.75, 3.05) is 0 Å². The predicted molar refractivity (Wildman–Crippen MR) is 55.5 cm³/mol. The van der Waals surface area contributed by atoms with Gasteiger partial charge in [-0.05, 0) is 31.2 Å². The molecule has 0 bridgehead atoms. The summed E-state index contributed by atoms with van der Waals surface area (Å²) in [6.45, 7) is 2.24. The minimum Gasteiger partial charge on any atom is -0.237 e. The van der Waals surface area contributed by atoms with Gasteiger partial charge in [0.25, 0.3) is 0 Å². The fraction of sp³-hybridized carbons (Fsp3) is 0.636. The quantitative estimate of drug-likeness (QED) is 0.698. The molecule has 2 saturated carbocycles. The van der Waals surface area contributed by atoms with E-state index in [2.05, 4.69) is 16.9 Å². The molecule has 0 aromatic carbocycles. The van der Waals surface area contributed by atoms with Gasteiger partial charge in [-0.1, -0.05) is 18.5 Å². The van der Waals surface area contributed by atoms with Crippen LogP contribution in [0, 0.1) is 5.92 Å². The molecule has 3 heteroatoms. The summed E-state index contributed by atoms with van der Waals surface area (Å²) in [6, 6.07) is 1.93. The third kappa shape index (κ3) is 1.52. The third-order valence-electron chi connectivity index (χ3n) is 3.17. The van der Waals surface area contributed by atoms with E-state index in [1.54, 1.807) is 0 Å². The summed E-state index contributed by atoms with van der Waals surface area (Å²) in [5.41, 5.74) is 1.17. The Balaban J connectivity index is 1.95. The smallest absolute Gasteiger partial charge is 0.133 e. The lowest BCUT2D eigenvalue weighted by molar-refractivity contribution is 0.818. The SMILES string of the molecule is CC1CC1c1nc(Cl)cc(C2CC2)n1. The Morgan fingerprint density at radius 3 is 2.64 bits per heavy atom. The van der Waals surface area contributed by atoms with Gasteiger partial charge in [-0.15, -0.1) is 0 Å². The average Bonchev–Trinajstić information content (AvgIpc) is 2.96. The number of hydrogen-bond donors (Lipinski definition) is 0. The Morgan fingerprint density at radius 1 is 1.36 bits per heavy atom. The van der Waals surface area contributed by atoms with E-state index in [1.165, 1.54) is 25.0 Å². The van der Waals surface area contributed by atoms with Gasteiger partial charge in [-0.2, -0.15) is 0 Å². The average molecular weight is 209 g/mol. The largest absolute Gasteiger partial charge is 0.237 e. The molecule has 2 fully saturated rings. The monoisotopic (exact) mass is 208 g/mol. The number of aromatic nitrogens is 2. The highest BCUT2D eigenvalue weighted by molar-refractivity contribution is 6.29. The van der Waals surface area contributed by atoms with Crippen LogP contribution < -0.4 is 0 Å². The van der Waals surface area contributed by atoms with Crippen molar-refractivity contribution in [1.29, 1.82) is 0 Å². The summed E-state index contributed by atoms with van der Waals surface area (Å²) in [7, 11) is 0. The van der Waals surface area contributed by atoms with Gasteiger partial charge < -0.3 is 0 Å². The van der Waals surface area contributed by atoms with Crippen LogP contribution in [0.1, 0.15) is 49.5 Å². The number of halogens is 1. The van der Waals surface area contributed by atoms with Crippen LogP contribution in [-0.2, 0) is 0 Å². The molecule has 0 aliphatic heterocycles. The maximum atomic E-state index is 5.99. The number of hydrogen-bond acceptors (Lipinski definition) is 2. The van der Waals surface area contributed by atoms with Crippen LogP contribution in [0.25, 0.3) is 0 Å². The van der Waals surface area contributed by atoms with Gasteiger partial charge in [0.05, 0.1) is 0 Å². The van der Waals surface area contributed by atoms with Crippen LogP contribution in [0.2, 0.25) is 5.15 Å². The molecule has 0 N–H and O–H groups in total. The number of nitrogens with zero attached hydrogens (tertiary/aromatic N) is 2. The maximum Gasteiger partial charge on any atom is 0.133 e. The van der Waals surface area contributed by atoms with Crippen LogP contribution in [-0.4, -0.2) is 9.97 Å². The van der Waals surface area contributed by atoms with E-state index < -0.39 is 0 Å². The van der Waals surface area contributed by atoms with Crippen molar-refractivity contribution in [3.05, 3.63) is 22.7 Å². The normalized spacial score (nSPS) is 30.4. The Hall–Kier alpha value is -0.630. The molecular weight excluding hydrogens is 196 g/mol. The zero-order chi connectivity index (χ0) is 9.71. The van der Waals surface area contributed by atoms with E-state index in [9.17, 15) is 0 Å². The molecule has 0 saturated heterocycles. The molecule has 74 valence electrons. The fourth-order valence-electron chi connectivity index (χ4n) is 1.89. The van der Waals surface area contributed by atoms with Gasteiger partial charge in [0.15, 0.2) is 0 Å². The molecule has 1 heterocycles. The van der Waals surface area contributed by atoms with E-state index in [1.807, 2.05) is 6.07 Å². The van der Waals surface area contributed by atoms with Crippen LogP contribution in [0.4, 0.5) is 0 Å². The second-order valence-electron chi connectivity index (χ2n) is 4.57. The molecule has 2 aliphatic rings. The van der Waals surface area contributed by atoms with E-state index in [0.717, 1.165) is 11.7 Å². The van der Waals surface area contributed by atoms with E-state index in [-0.39, 0.29) is 0 Å². The van der Waals surface area contributed by atoms with Crippen molar-refractivity contribution in [2.45, 2.75) is 38.0 Å². The van der Waals surface area contributed by atoms with Crippen LogP contribution in [0.15, 0.2) is 6.07 Å². The summed E-state index contributed by atoms with van der Waals surface area (Å²) in [4.78, 5) is 8.92. The Morgan fingerprint density at radius 2 is 2.07 bits per heavy atom. The Labute approximate surface area is 88.7 Å². The lowest BCUT2D eigenvalue weighted by Crippen LogP contribution is -1.98. The highest BCUT2D eigenvalue weighted by Crippen LogP contribution is 2.47. The molecule has 0 spiro atoms. The molecule has 0 amide bonds. The van der Waals surface area contributed by atoms with Gasteiger partial charge in [-0.25, -0.2) is 9.97 Å². The van der Waals surface area contributed by atoms with E-state index in [4.69, 9.17) is 11.6 Å².